The van der Waals surface area contributed by atoms with Crippen LogP contribution in [0.1, 0.15) is 13.8 Å². The minimum atomic E-state index is -2.77. The van der Waals surface area contributed by atoms with Gasteiger partial charge < -0.3 is 25.1 Å². The standard InChI is InChI=1S/C19H21F2N5O4/c1-9(17(22)27)23-11-3-4-12-13(7-11)29-6-5-25-8-14(24-18(12)25)26-15(16(20)21)10(2)30-19(26)28/h3-4,7-10,15-16,23H,5-6H2,1-2H3,(H2,22,27)/t9-,10-,15+/m1/s1. The van der Waals surface area contributed by atoms with Crippen LogP contribution in [-0.4, -0.2) is 52.8 Å². The Kier molecular flexibility index (Phi) is 4.96. The van der Waals surface area contributed by atoms with E-state index in [1.165, 1.54) is 6.92 Å². The van der Waals surface area contributed by atoms with Gasteiger partial charge in [0.25, 0.3) is 6.43 Å². The maximum absolute atomic E-state index is 13.5. The number of nitrogens with two attached hydrogens (primary N) is 1. The highest BCUT2D eigenvalue weighted by Gasteiger charge is 2.47. The molecule has 3 N–H and O–H groups in total. The van der Waals surface area contributed by atoms with Gasteiger partial charge in [0.15, 0.2) is 5.82 Å². The summed E-state index contributed by atoms with van der Waals surface area (Å²) in [5.41, 5.74) is 6.55. The largest absolute Gasteiger partial charge is 0.491 e. The number of hydrogen-bond donors (Lipinski definition) is 2. The third kappa shape index (κ3) is 3.40. The van der Waals surface area contributed by atoms with Gasteiger partial charge in [0.05, 0.1) is 12.1 Å². The van der Waals surface area contributed by atoms with E-state index in [1.54, 1.807) is 35.9 Å². The highest BCUT2D eigenvalue weighted by atomic mass is 19.3. The number of carbonyl (C=O) groups excluding carboxylic acids is 2. The summed E-state index contributed by atoms with van der Waals surface area (Å²) in [6.45, 7) is 3.79. The zero-order chi connectivity index (χ0) is 21.6. The van der Waals surface area contributed by atoms with Crippen molar-refractivity contribution in [3.63, 3.8) is 0 Å². The second-order valence-corrected chi connectivity index (χ2v) is 7.23. The number of amides is 2. The van der Waals surface area contributed by atoms with Gasteiger partial charge in [-0.15, -0.1) is 0 Å². The number of benzene rings is 1. The van der Waals surface area contributed by atoms with E-state index < -0.39 is 36.6 Å². The summed E-state index contributed by atoms with van der Waals surface area (Å²) in [5, 5.41) is 2.98. The summed E-state index contributed by atoms with van der Waals surface area (Å²) in [6, 6.07) is 3.22. The molecule has 0 saturated carbocycles. The first kappa shape index (κ1) is 19.9. The first-order chi connectivity index (χ1) is 14.3. The van der Waals surface area contributed by atoms with Gasteiger partial charge in [0.2, 0.25) is 5.91 Å². The lowest BCUT2D eigenvalue weighted by atomic mass is 10.1. The van der Waals surface area contributed by atoms with Gasteiger partial charge in [0.1, 0.15) is 36.4 Å². The maximum Gasteiger partial charge on any atom is 0.416 e. The number of aromatic nitrogens is 2. The van der Waals surface area contributed by atoms with Crippen molar-refractivity contribution in [1.29, 1.82) is 0 Å². The van der Waals surface area contributed by atoms with E-state index in [4.69, 9.17) is 15.2 Å². The minimum absolute atomic E-state index is 0.0991. The Hall–Kier alpha value is -3.37. The van der Waals surface area contributed by atoms with Crippen molar-refractivity contribution in [2.45, 2.75) is 45.0 Å². The summed E-state index contributed by atoms with van der Waals surface area (Å²) in [4.78, 5) is 28.8. The molecule has 1 saturated heterocycles. The number of imidazole rings is 1. The number of rotatable bonds is 5. The third-order valence-corrected chi connectivity index (χ3v) is 5.15. The van der Waals surface area contributed by atoms with Crippen LogP contribution in [0.3, 0.4) is 0 Å². The molecular weight excluding hydrogens is 400 g/mol. The van der Waals surface area contributed by atoms with Crippen molar-refractivity contribution >= 4 is 23.5 Å². The van der Waals surface area contributed by atoms with Crippen molar-refractivity contribution < 1.29 is 27.8 Å². The van der Waals surface area contributed by atoms with E-state index in [-0.39, 0.29) is 5.82 Å². The molecule has 2 aliphatic heterocycles. The van der Waals surface area contributed by atoms with E-state index in [0.29, 0.717) is 36.0 Å². The fourth-order valence-electron chi connectivity index (χ4n) is 3.58. The molecule has 0 spiro atoms. The number of halogens is 2. The van der Waals surface area contributed by atoms with Crippen LogP contribution in [0.5, 0.6) is 5.75 Å². The number of fused-ring (bicyclic) bond motifs is 3. The van der Waals surface area contributed by atoms with Crippen molar-refractivity contribution in [2.24, 2.45) is 5.73 Å². The van der Waals surface area contributed by atoms with Gasteiger partial charge in [-0.2, -0.15) is 0 Å². The lowest BCUT2D eigenvalue weighted by molar-refractivity contribution is -0.118. The molecule has 160 valence electrons. The lowest BCUT2D eigenvalue weighted by Crippen LogP contribution is -2.41. The van der Waals surface area contributed by atoms with E-state index in [9.17, 15) is 18.4 Å². The zero-order valence-corrected chi connectivity index (χ0v) is 16.3. The maximum atomic E-state index is 13.5. The van der Waals surface area contributed by atoms with Gasteiger partial charge in [-0.3, -0.25) is 4.79 Å². The average Bonchev–Trinajstić information content (AvgIpc) is 3.16. The van der Waals surface area contributed by atoms with E-state index in [0.717, 1.165) is 4.90 Å². The molecule has 2 amide bonds. The number of ether oxygens (including phenoxy) is 2. The van der Waals surface area contributed by atoms with Crippen molar-refractivity contribution in [3.05, 3.63) is 24.4 Å². The number of carbonyl (C=O) groups is 2. The molecule has 9 nitrogen and oxygen atoms in total. The molecular formula is C19H21F2N5O4. The molecule has 0 bridgehead atoms. The number of anilines is 2. The first-order valence-electron chi connectivity index (χ1n) is 9.44. The zero-order valence-electron chi connectivity index (χ0n) is 16.3. The Morgan fingerprint density at radius 2 is 2.17 bits per heavy atom. The summed E-state index contributed by atoms with van der Waals surface area (Å²) in [7, 11) is 0. The Labute approximate surface area is 170 Å². The second-order valence-electron chi connectivity index (χ2n) is 7.23. The fourth-order valence-corrected chi connectivity index (χ4v) is 3.58. The fraction of sp³-hybridized carbons (Fsp3) is 0.421. The molecule has 0 unspecified atom stereocenters. The summed E-state index contributed by atoms with van der Waals surface area (Å²) in [6.07, 6.45) is -3.03. The predicted molar refractivity (Wildman–Crippen MR) is 104 cm³/mol. The van der Waals surface area contributed by atoms with E-state index >= 15 is 0 Å². The van der Waals surface area contributed by atoms with Crippen LogP contribution in [0.2, 0.25) is 0 Å². The molecule has 11 heteroatoms. The summed E-state index contributed by atoms with van der Waals surface area (Å²) < 4.78 is 39.6. The van der Waals surface area contributed by atoms with Gasteiger partial charge in [-0.25, -0.2) is 23.5 Å². The molecule has 4 rings (SSSR count). The minimum Gasteiger partial charge on any atom is -0.491 e. The summed E-state index contributed by atoms with van der Waals surface area (Å²) >= 11 is 0. The molecule has 0 aliphatic carbocycles. The van der Waals surface area contributed by atoms with Gasteiger partial charge in [-0.1, -0.05) is 0 Å². The normalized spacial score (nSPS) is 21.4. The molecule has 0 radical (unpaired) electrons. The van der Waals surface area contributed by atoms with Crippen LogP contribution < -0.4 is 20.7 Å². The predicted octanol–water partition coefficient (Wildman–Crippen LogP) is 2.21. The molecule has 3 atom stereocenters. The van der Waals surface area contributed by atoms with Crippen LogP contribution in [0.15, 0.2) is 24.4 Å². The van der Waals surface area contributed by atoms with Crippen LogP contribution in [0, 0.1) is 0 Å². The first-order valence-corrected chi connectivity index (χ1v) is 9.44. The highest BCUT2D eigenvalue weighted by Crippen LogP contribution is 2.37. The number of cyclic esters (lactones) is 1. The quantitative estimate of drug-likeness (QED) is 0.766. The number of alkyl halides is 2. The average molecular weight is 421 g/mol. The van der Waals surface area contributed by atoms with Crippen molar-refractivity contribution in [2.75, 3.05) is 16.8 Å². The number of nitrogens with one attached hydrogen (secondary N) is 1. The monoisotopic (exact) mass is 421 g/mol. The lowest BCUT2D eigenvalue weighted by Gasteiger charge is -2.20. The van der Waals surface area contributed by atoms with Crippen molar-refractivity contribution in [3.8, 4) is 17.1 Å². The van der Waals surface area contributed by atoms with Crippen LogP contribution in [0.25, 0.3) is 11.4 Å². The number of hydrogen-bond acceptors (Lipinski definition) is 6. The number of primary amides is 1. The second kappa shape index (κ2) is 7.47. The molecule has 3 heterocycles. The molecule has 1 aromatic heterocycles. The molecule has 1 aromatic carbocycles. The van der Waals surface area contributed by atoms with E-state index in [1.807, 2.05) is 0 Å². The Balaban J connectivity index is 1.69. The Morgan fingerprint density at radius 3 is 2.87 bits per heavy atom. The van der Waals surface area contributed by atoms with Crippen LogP contribution >= 0.6 is 0 Å². The molecule has 2 aliphatic rings. The summed E-state index contributed by atoms with van der Waals surface area (Å²) in [5.74, 6) is 0.594. The van der Waals surface area contributed by atoms with Gasteiger partial charge >= 0.3 is 6.09 Å². The third-order valence-electron chi connectivity index (χ3n) is 5.15. The van der Waals surface area contributed by atoms with Crippen LogP contribution in [0.4, 0.5) is 25.1 Å². The van der Waals surface area contributed by atoms with Gasteiger partial charge in [0, 0.05) is 18.0 Å². The number of nitrogens with zero attached hydrogens (tertiary/aromatic N) is 3. The SMILES string of the molecule is C[C@@H](Nc1ccc2c(c1)OCCn1cc(N3C(=O)O[C@H](C)[C@H]3C(F)F)nc1-2)C(N)=O. The molecule has 30 heavy (non-hydrogen) atoms. The van der Waals surface area contributed by atoms with Crippen molar-refractivity contribution in [1.82, 2.24) is 9.55 Å². The highest BCUT2D eigenvalue weighted by molar-refractivity contribution is 5.90. The topological polar surface area (TPSA) is 112 Å². The Morgan fingerprint density at radius 1 is 1.40 bits per heavy atom. The molecule has 1 fully saturated rings. The smallest absolute Gasteiger partial charge is 0.416 e. The van der Waals surface area contributed by atoms with Gasteiger partial charge in [-0.05, 0) is 26.0 Å². The van der Waals surface area contributed by atoms with Crippen LogP contribution in [-0.2, 0) is 16.1 Å². The Bertz CT molecular complexity index is 995. The molecule has 2 aromatic rings. The van der Waals surface area contributed by atoms with E-state index in [2.05, 4.69) is 10.3 Å².